The predicted molar refractivity (Wildman–Crippen MR) is 140 cm³/mol. The Bertz CT molecular complexity index is 851. The molecule has 0 nitrogen and oxygen atoms in total. The lowest BCUT2D eigenvalue weighted by Gasteiger charge is -2.32. The normalized spacial score (nSPS) is 13.5. The van der Waals surface area contributed by atoms with E-state index in [-0.39, 0.29) is 21.7 Å². The Kier molecular flexibility index (Phi) is 7.26. The fourth-order valence-corrected chi connectivity index (χ4v) is 4.50. The van der Waals surface area contributed by atoms with E-state index in [9.17, 15) is 0 Å². The largest absolute Gasteiger partial charge is 0.0617 e. The zero-order valence-electron chi connectivity index (χ0n) is 22.6. The fourth-order valence-electron chi connectivity index (χ4n) is 4.50. The van der Waals surface area contributed by atoms with Crippen LogP contribution in [-0.2, 0) is 34.5 Å². The summed E-state index contributed by atoms with van der Waals surface area (Å²) < 4.78 is 0. The smallest absolute Gasteiger partial charge is 0.0126 e. The van der Waals surface area contributed by atoms with Crippen molar-refractivity contribution in [3.63, 3.8) is 0 Å². The SMILES string of the molecule is CC(C)(C)c1cc(CCCc2cccc(C(C)(C)C)c2C(C)(C)C)cc(C(C)(C)C)c1. The molecule has 0 atom stereocenters. The van der Waals surface area contributed by atoms with Gasteiger partial charge in [-0.1, -0.05) is 119 Å². The third-order valence-electron chi connectivity index (χ3n) is 6.35. The summed E-state index contributed by atoms with van der Waals surface area (Å²) >= 11 is 0. The molecule has 0 aliphatic heterocycles. The second-order valence-electron chi connectivity index (χ2n) is 13.6. The molecule has 0 heteroatoms. The van der Waals surface area contributed by atoms with Gasteiger partial charge in [-0.05, 0) is 74.3 Å². The van der Waals surface area contributed by atoms with Crippen molar-refractivity contribution < 1.29 is 0 Å². The minimum absolute atomic E-state index is 0.158. The van der Waals surface area contributed by atoms with Crippen molar-refractivity contribution in [2.75, 3.05) is 0 Å². The molecule has 0 saturated heterocycles. The number of benzene rings is 2. The highest BCUT2D eigenvalue weighted by Crippen LogP contribution is 2.37. The van der Waals surface area contributed by atoms with E-state index >= 15 is 0 Å². The molecule has 0 saturated carbocycles. The van der Waals surface area contributed by atoms with Crippen LogP contribution in [0, 0.1) is 0 Å². The van der Waals surface area contributed by atoms with E-state index in [1.54, 1.807) is 5.56 Å². The maximum Gasteiger partial charge on any atom is -0.0126 e. The molecule has 0 amide bonds. The molecule has 31 heavy (non-hydrogen) atoms. The highest BCUT2D eigenvalue weighted by molar-refractivity contribution is 5.44. The van der Waals surface area contributed by atoms with Crippen LogP contribution in [0.3, 0.4) is 0 Å². The molecule has 0 N–H and O–H groups in total. The van der Waals surface area contributed by atoms with E-state index in [4.69, 9.17) is 0 Å². The van der Waals surface area contributed by atoms with Crippen molar-refractivity contribution in [1.29, 1.82) is 0 Å². The Morgan fingerprint density at radius 3 is 1.48 bits per heavy atom. The first-order chi connectivity index (χ1) is 13.9. The van der Waals surface area contributed by atoms with Crippen LogP contribution in [0.25, 0.3) is 0 Å². The summed E-state index contributed by atoms with van der Waals surface area (Å²) in [6.45, 7) is 28.1. The summed E-state index contributed by atoms with van der Waals surface area (Å²) in [5.74, 6) is 0. The molecule has 0 spiro atoms. The van der Waals surface area contributed by atoms with Crippen LogP contribution in [0.1, 0.15) is 123 Å². The van der Waals surface area contributed by atoms with Crippen LogP contribution in [0.4, 0.5) is 0 Å². The van der Waals surface area contributed by atoms with Gasteiger partial charge in [0.25, 0.3) is 0 Å². The molecule has 0 unspecified atom stereocenters. The van der Waals surface area contributed by atoms with E-state index in [1.807, 2.05) is 0 Å². The molecule has 2 aromatic carbocycles. The van der Waals surface area contributed by atoms with E-state index < -0.39 is 0 Å². The Morgan fingerprint density at radius 1 is 0.548 bits per heavy atom. The highest BCUT2D eigenvalue weighted by Gasteiger charge is 2.27. The van der Waals surface area contributed by atoms with E-state index in [0.29, 0.717) is 0 Å². The fraction of sp³-hybridized carbons (Fsp3) is 0.613. The zero-order valence-corrected chi connectivity index (χ0v) is 22.6. The van der Waals surface area contributed by atoms with Gasteiger partial charge in [-0.15, -0.1) is 0 Å². The van der Waals surface area contributed by atoms with Gasteiger partial charge in [-0.2, -0.15) is 0 Å². The van der Waals surface area contributed by atoms with E-state index in [0.717, 1.165) is 12.8 Å². The summed E-state index contributed by atoms with van der Waals surface area (Å²) in [6, 6.07) is 14.3. The first kappa shape index (κ1) is 25.7. The number of hydrogen-bond donors (Lipinski definition) is 0. The van der Waals surface area contributed by atoms with Crippen LogP contribution < -0.4 is 0 Å². The molecule has 172 valence electrons. The molecule has 0 bridgehead atoms. The predicted octanol–water partition coefficient (Wildman–Crippen LogP) is 9.05. The molecular weight excluding hydrogens is 372 g/mol. The molecular formula is C31H48. The van der Waals surface area contributed by atoms with E-state index in [1.165, 1.54) is 34.2 Å². The van der Waals surface area contributed by atoms with Crippen LogP contribution in [0.2, 0.25) is 0 Å². The molecule has 2 rings (SSSR count). The number of hydrogen-bond acceptors (Lipinski definition) is 0. The van der Waals surface area contributed by atoms with Crippen LogP contribution in [-0.4, -0.2) is 0 Å². The van der Waals surface area contributed by atoms with Crippen molar-refractivity contribution in [1.82, 2.24) is 0 Å². The monoisotopic (exact) mass is 420 g/mol. The van der Waals surface area contributed by atoms with Crippen molar-refractivity contribution in [3.8, 4) is 0 Å². The topological polar surface area (TPSA) is 0 Å². The van der Waals surface area contributed by atoms with Crippen molar-refractivity contribution in [2.45, 2.75) is 124 Å². The van der Waals surface area contributed by atoms with Gasteiger partial charge in [0.05, 0.1) is 0 Å². The van der Waals surface area contributed by atoms with Gasteiger partial charge < -0.3 is 0 Å². The molecule has 0 fully saturated rings. The van der Waals surface area contributed by atoms with E-state index in [2.05, 4.69) is 119 Å². The molecule has 0 aliphatic rings. The van der Waals surface area contributed by atoms with Gasteiger partial charge >= 0.3 is 0 Å². The van der Waals surface area contributed by atoms with Crippen molar-refractivity contribution in [3.05, 3.63) is 69.8 Å². The average Bonchev–Trinajstić information content (AvgIpc) is 2.58. The number of rotatable bonds is 4. The third-order valence-corrected chi connectivity index (χ3v) is 6.35. The lowest BCUT2D eigenvalue weighted by Crippen LogP contribution is -2.24. The third kappa shape index (κ3) is 6.71. The highest BCUT2D eigenvalue weighted by atomic mass is 14.3. The van der Waals surface area contributed by atoms with Gasteiger partial charge in [0.1, 0.15) is 0 Å². The summed E-state index contributed by atoms with van der Waals surface area (Å²) in [7, 11) is 0. The molecule has 0 radical (unpaired) electrons. The molecule has 2 aromatic rings. The van der Waals surface area contributed by atoms with Crippen LogP contribution in [0.5, 0.6) is 0 Å². The first-order valence-electron chi connectivity index (χ1n) is 12.2. The average molecular weight is 421 g/mol. The second-order valence-corrected chi connectivity index (χ2v) is 13.6. The summed E-state index contributed by atoms with van der Waals surface area (Å²) in [5, 5.41) is 0. The zero-order chi connectivity index (χ0) is 23.8. The van der Waals surface area contributed by atoms with Gasteiger partial charge in [0, 0.05) is 0 Å². The summed E-state index contributed by atoms with van der Waals surface area (Å²) in [6.07, 6.45) is 3.46. The summed E-state index contributed by atoms with van der Waals surface area (Å²) in [4.78, 5) is 0. The van der Waals surface area contributed by atoms with Gasteiger partial charge in [-0.25, -0.2) is 0 Å². The molecule has 0 aromatic heterocycles. The minimum Gasteiger partial charge on any atom is -0.0617 e. The Morgan fingerprint density at radius 2 is 1.06 bits per heavy atom. The number of aryl methyl sites for hydroxylation is 2. The first-order valence-corrected chi connectivity index (χ1v) is 12.2. The van der Waals surface area contributed by atoms with Crippen LogP contribution in [0.15, 0.2) is 36.4 Å². The minimum atomic E-state index is 0.158. The van der Waals surface area contributed by atoms with Gasteiger partial charge in [0.15, 0.2) is 0 Å². The molecule has 0 heterocycles. The Balaban J connectivity index is 2.34. The molecule has 0 aliphatic carbocycles. The standard InChI is InChI=1S/C31H48/c1-28(2,3)24-19-22(20-25(21-24)29(4,5)6)15-13-16-23-17-14-18-26(30(7,8)9)27(23)31(10,11)12/h14,17-21H,13,15-16H2,1-12H3. The van der Waals surface area contributed by atoms with Crippen LogP contribution >= 0.6 is 0 Å². The van der Waals surface area contributed by atoms with Crippen molar-refractivity contribution in [2.24, 2.45) is 0 Å². The Labute approximate surface area is 193 Å². The lowest BCUT2D eigenvalue weighted by molar-refractivity contribution is 0.523. The quantitative estimate of drug-likeness (QED) is 0.462. The maximum absolute atomic E-state index is 2.45. The Hall–Kier alpha value is -1.56. The van der Waals surface area contributed by atoms with Gasteiger partial charge in [-0.3, -0.25) is 0 Å². The van der Waals surface area contributed by atoms with Crippen molar-refractivity contribution >= 4 is 0 Å². The maximum atomic E-state index is 2.45. The second kappa shape index (κ2) is 8.76. The van der Waals surface area contributed by atoms with Gasteiger partial charge in [0.2, 0.25) is 0 Å². The lowest BCUT2D eigenvalue weighted by atomic mass is 9.72. The summed E-state index contributed by atoms with van der Waals surface area (Å²) in [5.41, 5.74) is 9.67.